The zero-order valence-electron chi connectivity index (χ0n) is 9.82. The molecule has 2 heterocycles. The van der Waals surface area contributed by atoms with Crippen LogP contribution in [0.2, 0.25) is 10.3 Å². The topological polar surface area (TPSA) is 50.3 Å². The van der Waals surface area contributed by atoms with E-state index in [0.29, 0.717) is 18.5 Å². The minimum absolute atomic E-state index is 0.143. The van der Waals surface area contributed by atoms with Crippen molar-refractivity contribution in [1.29, 1.82) is 0 Å². The highest BCUT2D eigenvalue weighted by atomic mass is 35.5. The van der Waals surface area contributed by atoms with Crippen LogP contribution in [-0.2, 0) is 4.79 Å². The number of carbonyl (C=O) groups is 2. The maximum Gasteiger partial charge on any atom is 0.260 e. The second kappa shape index (κ2) is 5.24. The van der Waals surface area contributed by atoms with Crippen molar-refractivity contribution >= 4 is 35.0 Å². The summed E-state index contributed by atoms with van der Waals surface area (Å²) in [6.07, 6.45) is 1.31. The van der Waals surface area contributed by atoms with Crippen LogP contribution in [0.15, 0.2) is 12.1 Å². The van der Waals surface area contributed by atoms with Gasteiger partial charge in [0.05, 0.1) is 0 Å². The van der Waals surface area contributed by atoms with E-state index in [1.807, 2.05) is 6.92 Å². The SMILES string of the molecule is CCC1CC(=O)N(C(=O)c2cc(Cl)nc(Cl)c2)C1. The first-order valence-corrected chi connectivity index (χ1v) is 6.44. The third-order valence-corrected chi connectivity index (χ3v) is 3.42. The van der Waals surface area contributed by atoms with Crippen molar-refractivity contribution in [3.8, 4) is 0 Å². The smallest absolute Gasteiger partial charge is 0.260 e. The van der Waals surface area contributed by atoms with Gasteiger partial charge in [-0.1, -0.05) is 36.5 Å². The summed E-state index contributed by atoms with van der Waals surface area (Å²) in [6.45, 7) is 2.47. The largest absolute Gasteiger partial charge is 0.278 e. The average Bonchev–Trinajstić information content (AvgIpc) is 2.68. The van der Waals surface area contributed by atoms with Gasteiger partial charge in [-0.25, -0.2) is 4.98 Å². The van der Waals surface area contributed by atoms with Gasteiger partial charge < -0.3 is 0 Å². The number of carbonyl (C=O) groups excluding carboxylic acids is 2. The summed E-state index contributed by atoms with van der Waals surface area (Å²) < 4.78 is 0. The number of amides is 2. The predicted octanol–water partition coefficient (Wildman–Crippen LogP) is 2.79. The zero-order chi connectivity index (χ0) is 13.3. The van der Waals surface area contributed by atoms with E-state index in [-0.39, 0.29) is 28.0 Å². The van der Waals surface area contributed by atoms with Gasteiger partial charge in [-0.3, -0.25) is 14.5 Å². The van der Waals surface area contributed by atoms with Crippen LogP contribution in [0.3, 0.4) is 0 Å². The number of pyridine rings is 1. The van der Waals surface area contributed by atoms with Crippen molar-refractivity contribution in [2.45, 2.75) is 19.8 Å². The molecule has 1 aliphatic heterocycles. The maximum absolute atomic E-state index is 12.2. The predicted molar refractivity (Wildman–Crippen MR) is 68.7 cm³/mol. The van der Waals surface area contributed by atoms with Crippen molar-refractivity contribution in [3.05, 3.63) is 28.0 Å². The normalized spacial score (nSPS) is 19.4. The van der Waals surface area contributed by atoms with Gasteiger partial charge in [-0.05, 0) is 18.1 Å². The van der Waals surface area contributed by atoms with Crippen LogP contribution in [0.1, 0.15) is 30.1 Å². The molecule has 1 saturated heterocycles. The molecule has 18 heavy (non-hydrogen) atoms. The molecule has 4 nitrogen and oxygen atoms in total. The molecule has 2 amide bonds. The Morgan fingerprint density at radius 2 is 2.06 bits per heavy atom. The molecule has 0 spiro atoms. The van der Waals surface area contributed by atoms with Crippen LogP contribution in [0.4, 0.5) is 0 Å². The number of rotatable bonds is 2. The lowest BCUT2D eigenvalue weighted by Gasteiger charge is -2.14. The van der Waals surface area contributed by atoms with Crippen molar-refractivity contribution in [2.75, 3.05) is 6.54 Å². The van der Waals surface area contributed by atoms with Crippen LogP contribution in [0.5, 0.6) is 0 Å². The van der Waals surface area contributed by atoms with Crippen molar-refractivity contribution in [1.82, 2.24) is 9.88 Å². The first kappa shape index (κ1) is 13.3. The Labute approximate surface area is 115 Å². The molecule has 96 valence electrons. The summed E-state index contributed by atoms with van der Waals surface area (Å²) >= 11 is 11.5. The third-order valence-electron chi connectivity index (χ3n) is 3.04. The summed E-state index contributed by atoms with van der Waals surface area (Å²) in [5.74, 6) is -0.257. The molecule has 2 rings (SSSR count). The molecule has 0 N–H and O–H groups in total. The van der Waals surface area contributed by atoms with Crippen molar-refractivity contribution in [2.24, 2.45) is 5.92 Å². The summed E-state index contributed by atoms with van der Waals surface area (Å²) in [5.41, 5.74) is 0.296. The Morgan fingerprint density at radius 1 is 1.44 bits per heavy atom. The molecule has 1 fully saturated rings. The van der Waals surface area contributed by atoms with Crippen molar-refractivity contribution in [3.63, 3.8) is 0 Å². The van der Waals surface area contributed by atoms with E-state index in [9.17, 15) is 9.59 Å². The van der Waals surface area contributed by atoms with Crippen LogP contribution in [0, 0.1) is 5.92 Å². The number of hydrogen-bond acceptors (Lipinski definition) is 3. The Balaban J connectivity index is 2.24. The second-order valence-corrected chi connectivity index (χ2v) is 5.06. The number of nitrogens with zero attached hydrogens (tertiary/aromatic N) is 2. The lowest BCUT2D eigenvalue weighted by molar-refractivity contribution is -0.125. The molecule has 0 radical (unpaired) electrons. The molecule has 0 saturated carbocycles. The molecular weight excluding hydrogens is 275 g/mol. The van der Waals surface area contributed by atoms with Gasteiger partial charge in [0.25, 0.3) is 5.91 Å². The van der Waals surface area contributed by atoms with E-state index in [4.69, 9.17) is 23.2 Å². The van der Waals surface area contributed by atoms with E-state index in [1.165, 1.54) is 17.0 Å². The van der Waals surface area contributed by atoms with Crippen LogP contribution >= 0.6 is 23.2 Å². The van der Waals surface area contributed by atoms with Gasteiger partial charge in [0, 0.05) is 18.5 Å². The fourth-order valence-electron chi connectivity index (χ4n) is 2.00. The van der Waals surface area contributed by atoms with E-state index in [0.717, 1.165) is 6.42 Å². The molecule has 6 heteroatoms. The van der Waals surface area contributed by atoms with Crippen LogP contribution in [0.25, 0.3) is 0 Å². The Morgan fingerprint density at radius 3 is 2.56 bits per heavy atom. The fraction of sp³-hybridized carbons (Fsp3) is 0.417. The number of imide groups is 1. The number of halogens is 2. The standard InChI is InChI=1S/C12H12Cl2N2O2/c1-2-7-3-11(17)16(6-7)12(18)8-4-9(13)15-10(14)5-8/h4-5,7H,2-3,6H2,1H3. The number of hydrogen-bond donors (Lipinski definition) is 0. The minimum Gasteiger partial charge on any atom is -0.278 e. The third kappa shape index (κ3) is 2.65. The van der Waals surface area contributed by atoms with Gasteiger partial charge >= 0.3 is 0 Å². The molecule has 1 aliphatic rings. The molecule has 1 aromatic heterocycles. The number of aromatic nitrogens is 1. The summed E-state index contributed by atoms with van der Waals surface area (Å²) in [6, 6.07) is 2.84. The van der Waals surface area contributed by atoms with E-state index in [1.54, 1.807) is 0 Å². The Hall–Kier alpha value is -1.13. The molecule has 1 atom stereocenters. The van der Waals surface area contributed by atoms with Crippen molar-refractivity contribution < 1.29 is 9.59 Å². The molecule has 1 aromatic rings. The quantitative estimate of drug-likeness (QED) is 0.620. The van der Waals surface area contributed by atoms with Gasteiger partial charge in [0.1, 0.15) is 10.3 Å². The molecule has 0 aromatic carbocycles. The van der Waals surface area contributed by atoms with E-state index >= 15 is 0 Å². The summed E-state index contributed by atoms with van der Waals surface area (Å²) in [7, 11) is 0. The van der Waals surface area contributed by atoms with Gasteiger partial charge in [0.2, 0.25) is 5.91 Å². The Kier molecular flexibility index (Phi) is 3.88. The van der Waals surface area contributed by atoms with E-state index < -0.39 is 0 Å². The second-order valence-electron chi connectivity index (χ2n) is 4.29. The maximum atomic E-state index is 12.2. The highest BCUT2D eigenvalue weighted by Gasteiger charge is 2.33. The molecule has 1 unspecified atom stereocenters. The Bertz CT molecular complexity index is 485. The highest BCUT2D eigenvalue weighted by Crippen LogP contribution is 2.24. The molecule has 0 aliphatic carbocycles. The van der Waals surface area contributed by atoms with Crippen LogP contribution in [-0.4, -0.2) is 28.2 Å². The summed E-state index contributed by atoms with van der Waals surface area (Å²) in [4.78, 5) is 29.0. The zero-order valence-corrected chi connectivity index (χ0v) is 11.3. The molecular formula is C12H12Cl2N2O2. The van der Waals surface area contributed by atoms with Gasteiger partial charge in [0.15, 0.2) is 0 Å². The minimum atomic E-state index is -0.359. The fourth-order valence-corrected chi connectivity index (χ4v) is 2.46. The lowest BCUT2D eigenvalue weighted by atomic mass is 10.1. The van der Waals surface area contributed by atoms with Gasteiger partial charge in [-0.15, -0.1) is 0 Å². The highest BCUT2D eigenvalue weighted by molar-refractivity contribution is 6.33. The first-order chi connectivity index (χ1) is 8.51. The summed E-state index contributed by atoms with van der Waals surface area (Å²) in [5, 5.41) is 0.286. The van der Waals surface area contributed by atoms with Gasteiger partial charge in [-0.2, -0.15) is 0 Å². The number of likely N-dealkylation sites (tertiary alicyclic amines) is 1. The van der Waals surface area contributed by atoms with E-state index in [2.05, 4.69) is 4.98 Å². The first-order valence-electron chi connectivity index (χ1n) is 5.69. The lowest BCUT2D eigenvalue weighted by Crippen LogP contribution is -2.32. The monoisotopic (exact) mass is 286 g/mol. The molecule has 0 bridgehead atoms. The van der Waals surface area contributed by atoms with Crippen LogP contribution < -0.4 is 0 Å². The average molecular weight is 287 g/mol.